The van der Waals surface area contributed by atoms with Crippen LogP contribution in [0.15, 0.2) is 0 Å². The number of carboxylic acids is 1. The Balaban J connectivity index is 3.72. The zero-order valence-electron chi connectivity index (χ0n) is 7.87. The summed E-state index contributed by atoms with van der Waals surface area (Å²) in [6, 6.07) is -0.399. The molecule has 0 aliphatic rings. The number of nitrogens with one attached hydrogen (secondary N) is 1. The minimum atomic E-state index is -0.882. The van der Waals surface area contributed by atoms with Gasteiger partial charge in [-0.2, -0.15) is 0 Å². The summed E-state index contributed by atoms with van der Waals surface area (Å²) in [6.45, 7) is 2.11. The Morgan fingerprint density at radius 1 is 1.54 bits per heavy atom. The first kappa shape index (κ1) is 11.9. The summed E-state index contributed by atoms with van der Waals surface area (Å²) in [5, 5.41) is 11.1. The van der Waals surface area contributed by atoms with Gasteiger partial charge in [-0.3, -0.25) is 9.59 Å². The van der Waals surface area contributed by atoms with Gasteiger partial charge in [-0.05, 0) is 6.42 Å². The third-order valence-corrected chi connectivity index (χ3v) is 1.62. The number of carbonyl (C=O) groups is 2. The molecule has 5 nitrogen and oxygen atoms in total. The standard InChI is InChI=1S/C8H15NO4/c1-3-6(8(12)13-2)9-5-4-7(10)11/h6,9H,3-5H2,1-2H3,(H,10,11). The van der Waals surface area contributed by atoms with Crippen molar-refractivity contribution in [1.29, 1.82) is 0 Å². The van der Waals surface area contributed by atoms with Gasteiger partial charge in [0.1, 0.15) is 6.04 Å². The lowest BCUT2D eigenvalue weighted by Gasteiger charge is -2.12. The molecule has 0 rings (SSSR count). The van der Waals surface area contributed by atoms with Crippen molar-refractivity contribution in [3.05, 3.63) is 0 Å². The number of esters is 1. The van der Waals surface area contributed by atoms with Crippen molar-refractivity contribution < 1.29 is 19.4 Å². The second kappa shape index (κ2) is 6.42. The van der Waals surface area contributed by atoms with E-state index in [0.717, 1.165) is 0 Å². The molecule has 0 aliphatic heterocycles. The summed E-state index contributed by atoms with van der Waals surface area (Å²) in [7, 11) is 1.31. The van der Waals surface area contributed by atoms with Crippen LogP contribution in [0.3, 0.4) is 0 Å². The number of carboxylic acid groups (broad SMARTS) is 1. The highest BCUT2D eigenvalue weighted by Gasteiger charge is 2.15. The first-order valence-corrected chi connectivity index (χ1v) is 4.14. The van der Waals surface area contributed by atoms with Crippen molar-refractivity contribution in [3.8, 4) is 0 Å². The van der Waals surface area contributed by atoms with E-state index in [1.165, 1.54) is 7.11 Å². The average Bonchev–Trinajstić information content (AvgIpc) is 2.11. The van der Waals surface area contributed by atoms with Gasteiger partial charge in [-0.25, -0.2) is 0 Å². The van der Waals surface area contributed by atoms with Crippen LogP contribution in [-0.2, 0) is 14.3 Å². The Bertz CT molecular complexity index is 181. The Labute approximate surface area is 77.1 Å². The molecule has 76 valence electrons. The number of hydrogen-bond acceptors (Lipinski definition) is 4. The van der Waals surface area contributed by atoms with Gasteiger partial charge >= 0.3 is 11.9 Å². The molecule has 0 saturated carbocycles. The fraction of sp³-hybridized carbons (Fsp3) is 0.750. The van der Waals surface area contributed by atoms with Crippen LogP contribution in [0, 0.1) is 0 Å². The minimum absolute atomic E-state index is 0.00743. The lowest BCUT2D eigenvalue weighted by Crippen LogP contribution is -2.38. The summed E-state index contributed by atoms with van der Waals surface area (Å²) < 4.78 is 4.51. The number of carbonyl (C=O) groups excluding carboxylic acids is 1. The molecule has 5 heteroatoms. The molecule has 13 heavy (non-hydrogen) atoms. The predicted octanol–water partition coefficient (Wildman–Crippen LogP) is 0.00230. The van der Waals surface area contributed by atoms with E-state index < -0.39 is 12.0 Å². The van der Waals surface area contributed by atoms with Crippen LogP contribution in [0.4, 0.5) is 0 Å². The monoisotopic (exact) mass is 189 g/mol. The van der Waals surface area contributed by atoms with Crippen LogP contribution in [0.2, 0.25) is 0 Å². The molecule has 0 saturated heterocycles. The average molecular weight is 189 g/mol. The molecular formula is C8H15NO4. The Kier molecular flexibility index (Phi) is 5.88. The largest absolute Gasteiger partial charge is 0.481 e. The van der Waals surface area contributed by atoms with Gasteiger partial charge in [0.2, 0.25) is 0 Å². The zero-order chi connectivity index (χ0) is 10.3. The molecule has 0 heterocycles. The van der Waals surface area contributed by atoms with Crippen LogP contribution < -0.4 is 5.32 Å². The third kappa shape index (κ3) is 5.19. The topological polar surface area (TPSA) is 75.6 Å². The van der Waals surface area contributed by atoms with Crippen LogP contribution in [-0.4, -0.2) is 36.7 Å². The number of methoxy groups -OCH3 is 1. The number of hydrogen-bond donors (Lipinski definition) is 2. The van der Waals surface area contributed by atoms with E-state index in [2.05, 4.69) is 10.1 Å². The summed E-state index contributed by atoms with van der Waals surface area (Å²) in [4.78, 5) is 21.1. The maximum absolute atomic E-state index is 11.0. The van der Waals surface area contributed by atoms with Crippen molar-refractivity contribution in [1.82, 2.24) is 5.32 Å². The summed E-state index contributed by atoms with van der Waals surface area (Å²) in [5.41, 5.74) is 0. The summed E-state index contributed by atoms with van der Waals surface area (Å²) >= 11 is 0. The predicted molar refractivity (Wildman–Crippen MR) is 46.4 cm³/mol. The van der Waals surface area contributed by atoms with Crippen molar-refractivity contribution >= 4 is 11.9 Å². The van der Waals surface area contributed by atoms with Crippen LogP contribution in [0.5, 0.6) is 0 Å². The van der Waals surface area contributed by atoms with Gasteiger partial charge in [0.15, 0.2) is 0 Å². The Morgan fingerprint density at radius 2 is 2.15 bits per heavy atom. The van der Waals surface area contributed by atoms with E-state index in [1.807, 2.05) is 6.92 Å². The molecule has 2 N–H and O–H groups in total. The highest BCUT2D eigenvalue weighted by Crippen LogP contribution is 1.93. The van der Waals surface area contributed by atoms with Gasteiger partial charge in [-0.15, -0.1) is 0 Å². The fourth-order valence-electron chi connectivity index (χ4n) is 0.890. The van der Waals surface area contributed by atoms with E-state index in [0.29, 0.717) is 6.42 Å². The lowest BCUT2D eigenvalue weighted by molar-refractivity contribution is -0.144. The molecular weight excluding hydrogens is 174 g/mol. The van der Waals surface area contributed by atoms with E-state index in [-0.39, 0.29) is 18.9 Å². The molecule has 0 aliphatic carbocycles. The zero-order valence-corrected chi connectivity index (χ0v) is 7.87. The second-order valence-corrected chi connectivity index (χ2v) is 2.58. The van der Waals surface area contributed by atoms with Crippen LogP contribution in [0.1, 0.15) is 19.8 Å². The SMILES string of the molecule is CCC(NCCC(=O)O)C(=O)OC. The molecule has 1 unspecified atom stereocenters. The van der Waals surface area contributed by atoms with Crippen LogP contribution in [0.25, 0.3) is 0 Å². The lowest BCUT2D eigenvalue weighted by atomic mass is 10.2. The number of ether oxygens (including phenoxy) is 1. The molecule has 0 aromatic rings. The van der Waals surface area contributed by atoms with Crippen molar-refractivity contribution in [3.63, 3.8) is 0 Å². The van der Waals surface area contributed by atoms with Gasteiger partial charge in [0.05, 0.1) is 13.5 Å². The van der Waals surface area contributed by atoms with Gasteiger partial charge in [0, 0.05) is 6.54 Å². The van der Waals surface area contributed by atoms with Crippen molar-refractivity contribution in [2.45, 2.75) is 25.8 Å². The van der Waals surface area contributed by atoms with Gasteiger partial charge in [0.25, 0.3) is 0 Å². The molecule has 1 atom stereocenters. The highest BCUT2D eigenvalue weighted by molar-refractivity contribution is 5.75. The normalized spacial score (nSPS) is 12.2. The Morgan fingerprint density at radius 3 is 2.54 bits per heavy atom. The molecule has 0 spiro atoms. The second-order valence-electron chi connectivity index (χ2n) is 2.58. The number of rotatable bonds is 6. The van der Waals surface area contributed by atoms with E-state index in [9.17, 15) is 9.59 Å². The number of aliphatic carboxylic acids is 1. The first-order valence-electron chi connectivity index (χ1n) is 4.14. The highest BCUT2D eigenvalue weighted by atomic mass is 16.5. The van der Waals surface area contributed by atoms with E-state index in [1.54, 1.807) is 0 Å². The quantitative estimate of drug-likeness (QED) is 0.575. The smallest absolute Gasteiger partial charge is 0.322 e. The summed E-state index contributed by atoms with van der Waals surface area (Å²) in [5.74, 6) is -1.24. The van der Waals surface area contributed by atoms with Gasteiger partial charge < -0.3 is 15.2 Å². The molecule has 0 aromatic heterocycles. The minimum Gasteiger partial charge on any atom is -0.481 e. The van der Waals surface area contributed by atoms with Crippen molar-refractivity contribution in [2.24, 2.45) is 0 Å². The molecule has 0 fully saturated rings. The maximum Gasteiger partial charge on any atom is 0.322 e. The molecule has 0 amide bonds. The first-order chi connectivity index (χ1) is 6.11. The van der Waals surface area contributed by atoms with E-state index in [4.69, 9.17) is 5.11 Å². The molecule has 0 bridgehead atoms. The Hall–Kier alpha value is -1.10. The van der Waals surface area contributed by atoms with E-state index >= 15 is 0 Å². The fourth-order valence-corrected chi connectivity index (χ4v) is 0.890. The third-order valence-electron chi connectivity index (χ3n) is 1.62. The van der Waals surface area contributed by atoms with Gasteiger partial charge in [-0.1, -0.05) is 6.92 Å². The summed E-state index contributed by atoms with van der Waals surface area (Å²) in [6.07, 6.45) is 0.597. The maximum atomic E-state index is 11.0. The van der Waals surface area contributed by atoms with Crippen LogP contribution >= 0.6 is 0 Å². The molecule has 0 aromatic carbocycles. The molecule has 0 radical (unpaired) electrons. The van der Waals surface area contributed by atoms with Crippen molar-refractivity contribution in [2.75, 3.05) is 13.7 Å².